The van der Waals surface area contributed by atoms with Gasteiger partial charge in [-0.2, -0.15) is 0 Å². The highest BCUT2D eigenvalue weighted by atomic mass is 31.0. The van der Waals surface area contributed by atoms with Crippen LogP contribution in [0.3, 0.4) is 0 Å². The van der Waals surface area contributed by atoms with Gasteiger partial charge in [-0.25, -0.2) is 4.39 Å². The average Bonchev–Trinajstić information content (AvgIpc) is 2.70. The second-order valence-electron chi connectivity index (χ2n) is 3.99. The number of halogens is 2. The maximum absolute atomic E-state index is 13.1. The molecule has 1 saturated heterocycles. The van der Waals surface area contributed by atoms with Crippen molar-refractivity contribution in [2.45, 2.75) is 12.5 Å². The Bertz CT molecular complexity index is 356. The molecule has 0 spiro atoms. The minimum atomic E-state index is -0.301. The minimum absolute atomic E-state index is 0.0719. The lowest BCUT2D eigenvalue weighted by Gasteiger charge is -2.13. The van der Waals surface area contributed by atoms with Gasteiger partial charge in [-0.15, -0.1) is 9.24 Å². The summed E-state index contributed by atoms with van der Waals surface area (Å²) in [6.45, 7) is 0.382. The predicted molar refractivity (Wildman–Crippen MR) is 60.6 cm³/mol. The maximum Gasteiger partial charge on any atom is 0.123 e. The van der Waals surface area contributed by atoms with Gasteiger partial charge < -0.3 is 5.32 Å². The van der Waals surface area contributed by atoms with Crippen LogP contribution in [0.15, 0.2) is 18.2 Å². The van der Waals surface area contributed by atoms with Crippen LogP contribution in [0.5, 0.6) is 0 Å². The van der Waals surface area contributed by atoms with E-state index in [1.54, 1.807) is 6.07 Å². The van der Waals surface area contributed by atoms with Crippen LogP contribution < -0.4 is 10.6 Å². The van der Waals surface area contributed by atoms with Crippen molar-refractivity contribution in [3.05, 3.63) is 29.6 Å². The first-order chi connectivity index (χ1) is 7.20. The second-order valence-corrected chi connectivity index (χ2v) is 4.61. The third kappa shape index (κ3) is 2.35. The Morgan fingerprint density at radius 2 is 2.27 bits per heavy atom. The van der Waals surface area contributed by atoms with E-state index in [0.29, 0.717) is 6.54 Å². The zero-order chi connectivity index (χ0) is 10.8. The lowest BCUT2D eigenvalue weighted by molar-refractivity contribution is 0.378. The fourth-order valence-corrected chi connectivity index (χ4v) is 2.39. The van der Waals surface area contributed by atoms with Crippen LogP contribution >= 0.6 is 9.24 Å². The number of hydrogen-bond acceptors (Lipinski definition) is 1. The van der Waals surface area contributed by atoms with Gasteiger partial charge in [0.1, 0.15) is 5.82 Å². The molecule has 0 bridgehead atoms. The smallest absolute Gasteiger partial charge is 0.123 e. The maximum atomic E-state index is 13.1. The second kappa shape index (κ2) is 4.54. The van der Waals surface area contributed by atoms with Crippen molar-refractivity contribution in [1.29, 1.82) is 0 Å². The Kier molecular flexibility index (Phi) is 3.32. The molecule has 1 aromatic carbocycles. The molecule has 1 aromatic rings. The molecule has 3 atom stereocenters. The van der Waals surface area contributed by atoms with E-state index < -0.39 is 0 Å². The Hall–Kier alpha value is -0.530. The van der Waals surface area contributed by atoms with E-state index in [9.17, 15) is 8.78 Å². The molecule has 0 amide bonds. The first-order valence-electron chi connectivity index (χ1n) is 5.05. The van der Waals surface area contributed by atoms with Gasteiger partial charge in [-0.3, -0.25) is 4.39 Å². The van der Waals surface area contributed by atoms with Crippen molar-refractivity contribution in [3.8, 4) is 0 Å². The lowest BCUT2D eigenvalue weighted by Crippen LogP contribution is -2.18. The van der Waals surface area contributed by atoms with Crippen molar-refractivity contribution >= 4 is 14.5 Å². The highest BCUT2D eigenvalue weighted by Gasteiger charge is 2.26. The van der Waals surface area contributed by atoms with Crippen molar-refractivity contribution in [2.24, 2.45) is 5.92 Å². The molecule has 1 aliphatic heterocycles. The van der Waals surface area contributed by atoms with Crippen LogP contribution in [-0.4, -0.2) is 13.2 Å². The van der Waals surface area contributed by atoms with E-state index in [1.165, 1.54) is 12.1 Å². The van der Waals surface area contributed by atoms with E-state index in [4.69, 9.17) is 0 Å². The number of hydrogen-bond donors (Lipinski definition) is 1. The van der Waals surface area contributed by atoms with Gasteiger partial charge in [-0.1, -0.05) is 6.07 Å². The standard InChI is InChI=1S/C11H14F2NP/c12-5-7-3-10(14-6-7)9-4-8(13)1-2-11(9)15/h1-2,4,7,10,14H,3,5-6,15H2. The molecular formula is C11H14F2NP. The molecule has 1 fully saturated rings. The van der Waals surface area contributed by atoms with Gasteiger partial charge in [0.2, 0.25) is 0 Å². The van der Waals surface area contributed by atoms with Crippen LogP contribution in [0.2, 0.25) is 0 Å². The minimum Gasteiger partial charge on any atom is -0.310 e. The fraction of sp³-hybridized carbons (Fsp3) is 0.455. The van der Waals surface area contributed by atoms with E-state index >= 15 is 0 Å². The summed E-state index contributed by atoms with van der Waals surface area (Å²) in [6, 6.07) is 4.79. The highest BCUT2D eigenvalue weighted by molar-refractivity contribution is 7.27. The van der Waals surface area contributed by atoms with Crippen LogP contribution in [0.25, 0.3) is 0 Å². The summed E-state index contributed by atoms with van der Waals surface area (Å²) in [5.41, 5.74) is 0.927. The topological polar surface area (TPSA) is 12.0 Å². The number of rotatable bonds is 2. The van der Waals surface area contributed by atoms with E-state index in [2.05, 4.69) is 14.6 Å². The Morgan fingerprint density at radius 3 is 2.93 bits per heavy atom. The highest BCUT2D eigenvalue weighted by Crippen LogP contribution is 2.27. The zero-order valence-electron chi connectivity index (χ0n) is 8.34. The van der Waals surface area contributed by atoms with Crippen molar-refractivity contribution in [3.63, 3.8) is 0 Å². The normalized spacial score (nSPS) is 25.8. The monoisotopic (exact) mass is 229 g/mol. The molecule has 4 heteroatoms. The molecule has 1 nitrogen and oxygen atoms in total. The molecule has 1 N–H and O–H groups in total. The Labute approximate surface area is 90.5 Å². The van der Waals surface area contributed by atoms with E-state index in [0.717, 1.165) is 17.3 Å². The van der Waals surface area contributed by atoms with Crippen LogP contribution in [-0.2, 0) is 0 Å². The first-order valence-corrected chi connectivity index (χ1v) is 5.62. The summed E-state index contributed by atoms with van der Waals surface area (Å²) >= 11 is 0. The van der Waals surface area contributed by atoms with Crippen LogP contribution in [0.4, 0.5) is 8.78 Å². The number of nitrogens with one attached hydrogen (secondary N) is 1. The largest absolute Gasteiger partial charge is 0.310 e. The van der Waals surface area contributed by atoms with Gasteiger partial charge in [0.15, 0.2) is 0 Å². The van der Waals surface area contributed by atoms with Crippen molar-refractivity contribution < 1.29 is 8.78 Å². The molecular weight excluding hydrogens is 215 g/mol. The average molecular weight is 229 g/mol. The number of alkyl halides is 1. The van der Waals surface area contributed by atoms with Gasteiger partial charge in [0, 0.05) is 18.5 Å². The first kappa shape index (κ1) is 11.0. The Balaban J connectivity index is 2.19. The van der Waals surface area contributed by atoms with Gasteiger partial charge in [0.25, 0.3) is 0 Å². The number of benzene rings is 1. The van der Waals surface area contributed by atoms with E-state index in [1.807, 2.05) is 0 Å². The Morgan fingerprint density at radius 1 is 1.47 bits per heavy atom. The van der Waals surface area contributed by atoms with Crippen molar-refractivity contribution in [2.75, 3.05) is 13.2 Å². The summed E-state index contributed by atoms with van der Waals surface area (Å²) in [6.07, 6.45) is 0.751. The van der Waals surface area contributed by atoms with E-state index in [-0.39, 0.29) is 24.5 Å². The molecule has 0 saturated carbocycles. The summed E-state index contributed by atoms with van der Waals surface area (Å²) in [4.78, 5) is 0. The third-order valence-electron chi connectivity index (χ3n) is 2.86. The van der Waals surface area contributed by atoms with Crippen molar-refractivity contribution in [1.82, 2.24) is 5.32 Å². The summed E-state index contributed by atoms with van der Waals surface area (Å²) < 4.78 is 25.5. The van der Waals surface area contributed by atoms with Crippen LogP contribution in [0, 0.1) is 11.7 Å². The quantitative estimate of drug-likeness (QED) is 0.764. The SMILES string of the molecule is FCC1CNC(c2cc(F)ccc2P)C1. The van der Waals surface area contributed by atoms with Gasteiger partial charge >= 0.3 is 0 Å². The fourth-order valence-electron chi connectivity index (χ4n) is 2.01. The molecule has 3 unspecified atom stereocenters. The van der Waals surface area contributed by atoms with Gasteiger partial charge in [0.05, 0.1) is 6.67 Å². The van der Waals surface area contributed by atoms with Crippen LogP contribution in [0.1, 0.15) is 18.0 Å². The molecule has 2 rings (SSSR count). The predicted octanol–water partition coefficient (Wildman–Crippen LogP) is 1.95. The summed E-state index contributed by atoms with van der Waals surface area (Å²) in [5.74, 6) is -0.163. The molecule has 15 heavy (non-hydrogen) atoms. The lowest BCUT2D eigenvalue weighted by atomic mass is 10.0. The zero-order valence-corrected chi connectivity index (χ0v) is 9.50. The summed E-state index contributed by atoms with van der Waals surface area (Å²) in [7, 11) is 2.59. The van der Waals surface area contributed by atoms with Gasteiger partial charge in [-0.05, 0) is 29.4 Å². The molecule has 1 heterocycles. The molecule has 1 aliphatic rings. The third-order valence-corrected chi connectivity index (χ3v) is 3.39. The summed E-state index contributed by atoms with van der Waals surface area (Å²) in [5, 5.41) is 4.20. The molecule has 0 aromatic heterocycles. The molecule has 0 radical (unpaired) electrons. The molecule has 82 valence electrons. The molecule has 0 aliphatic carbocycles.